The molecule has 0 aromatic heterocycles. The van der Waals surface area contributed by atoms with E-state index in [1.54, 1.807) is 24.3 Å². The van der Waals surface area contributed by atoms with Gasteiger partial charge in [0.15, 0.2) is 11.5 Å². The van der Waals surface area contributed by atoms with E-state index in [0.717, 1.165) is 18.4 Å². The van der Waals surface area contributed by atoms with Crippen molar-refractivity contribution in [3.63, 3.8) is 0 Å². The average molecular weight is 448 g/mol. The molecule has 0 N–H and O–H groups in total. The van der Waals surface area contributed by atoms with Crippen LogP contribution in [-0.4, -0.2) is 40.0 Å². The molecule has 8 heteroatoms. The summed E-state index contributed by atoms with van der Waals surface area (Å²) in [5, 5.41) is 0. The average Bonchev–Trinajstić information content (AvgIpc) is 3.56. The second-order valence-corrected chi connectivity index (χ2v) is 9.56. The lowest BCUT2D eigenvalue weighted by atomic mass is 10.1. The number of nitrogens with zero attached hydrogens (tertiary/aromatic N) is 1. The number of carbonyl (C=O) groups excluding carboxylic acids is 1. The molecule has 7 nitrogen and oxygen atoms in total. The summed E-state index contributed by atoms with van der Waals surface area (Å²) in [5.74, 6) is 1.44. The number of rotatable bonds is 10. The van der Waals surface area contributed by atoms with E-state index in [1.165, 1.54) is 26.4 Å². The van der Waals surface area contributed by atoms with Crippen LogP contribution in [0.3, 0.4) is 0 Å². The number of hydrogen-bond donors (Lipinski definition) is 0. The first-order valence-electron chi connectivity index (χ1n) is 10.3. The van der Waals surface area contributed by atoms with E-state index < -0.39 is 10.1 Å². The fourth-order valence-corrected chi connectivity index (χ4v) is 4.16. The Bertz CT molecular complexity index is 1010. The van der Waals surface area contributed by atoms with Gasteiger partial charge in [-0.05, 0) is 60.7 Å². The van der Waals surface area contributed by atoms with Gasteiger partial charge in [-0.25, -0.2) is 0 Å². The van der Waals surface area contributed by atoms with E-state index in [-0.39, 0.29) is 22.5 Å². The summed E-state index contributed by atoms with van der Waals surface area (Å²) in [5.41, 5.74) is 0.774. The van der Waals surface area contributed by atoms with Crippen LogP contribution in [0.1, 0.15) is 32.3 Å². The smallest absolute Gasteiger partial charge is 0.339 e. The third kappa shape index (κ3) is 5.91. The molecule has 3 rings (SSSR count). The van der Waals surface area contributed by atoms with Crippen molar-refractivity contribution in [1.82, 2.24) is 4.90 Å². The van der Waals surface area contributed by atoms with Crippen LogP contribution >= 0.6 is 0 Å². The van der Waals surface area contributed by atoms with Crippen LogP contribution in [0.15, 0.2) is 47.4 Å². The highest BCUT2D eigenvalue weighted by Gasteiger charge is 2.28. The predicted octanol–water partition coefficient (Wildman–Crippen LogP) is 3.87. The molecule has 0 aliphatic heterocycles. The fraction of sp³-hybridized carbons (Fsp3) is 0.435. The Balaban J connectivity index is 1.84. The van der Waals surface area contributed by atoms with Crippen LogP contribution in [0.4, 0.5) is 0 Å². The van der Waals surface area contributed by atoms with Gasteiger partial charge in [0.2, 0.25) is 5.91 Å². The summed E-state index contributed by atoms with van der Waals surface area (Å²) >= 11 is 0. The molecule has 0 spiro atoms. The number of carbonyl (C=O) groups is 1. The standard InChI is InChI=1S/C23H29NO6S/c1-16(2)23(25)24(14-17-5-6-17)15-18-7-12-21(29-4)22(13-18)30-31(26,27)20-10-8-19(28-3)9-11-20/h7-13,16-17H,5-6,14-15H2,1-4H3. The topological polar surface area (TPSA) is 82.1 Å². The zero-order valence-corrected chi connectivity index (χ0v) is 19.1. The summed E-state index contributed by atoms with van der Waals surface area (Å²) in [4.78, 5) is 14.5. The maximum absolute atomic E-state index is 12.8. The quantitative estimate of drug-likeness (QED) is 0.514. The predicted molar refractivity (Wildman–Crippen MR) is 117 cm³/mol. The third-order valence-corrected chi connectivity index (χ3v) is 6.38. The molecular formula is C23H29NO6S. The fourth-order valence-electron chi connectivity index (χ4n) is 3.22. The maximum atomic E-state index is 12.8. The summed E-state index contributed by atoms with van der Waals surface area (Å²) in [6.07, 6.45) is 2.28. The van der Waals surface area contributed by atoms with Crippen molar-refractivity contribution in [2.75, 3.05) is 20.8 Å². The van der Waals surface area contributed by atoms with Gasteiger partial charge in [0.1, 0.15) is 10.6 Å². The first kappa shape index (κ1) is 22.9. The Morgan fingerprint density at radius 2 is 1.71 bits per heavy atom. The molecular weight excluding hydrogens is 418 g/mol. The SMILES string of the molecule is COc1ccc(S(=O)(=O)Oc2cc(CN(CC3CC3)C(=O)C(C)C)ccc2OC)cc1. The van der Waals surface area contributed by atoms with Gasteiger partial charge in [-0.15, -0.1) is 0 Å². The van der Waals surface area contributed by atoms with Gasteiger partial charge in [-0.1, -0.05) is 19.9 Å². The zero-order valence-electron chi connectivity index (χ0n) is 18.3. The Labute approximate surface area is 184 Å². The second-order valence-electron chi connectivity index (χ2n) is 8.02. The molecule has 1 aliphatic rings. The molecule has 2 aromatic carbocycles. The normalized spacial score (nSPS) is 13.7. The summed E-state index contributed by atoms with van der Waals surface area (Å²) in [6, 6.07) is 11.0. The van der Waals surface area contributed by atoms with Gasteiger partial charge < -0.3 is 18.6 Å². The highest BCUT2D eigenvalue weighted by atomic mass is 32.2. The van der Waals surface area contributed by atoms with E-state index in [2.05, 4.69) is 0 Å². The molecule has 0 radical (unpaired) electrons. The van der Waals surface area contributed by atoms with Gasteiger partial charge in [0.25, 0.3) is 0 Å². The van der Waals surface area contributed by atoms with Gasteiger partial charge >= 0.3 is 10.1 Å². The minimum Gasteiger partial charge on any atom is -0.497 e. The van der Waals surface area contributed by atoms with Crippen LogP contribution in [-0.2, 0) is 21.5 Å². The number of ether oxygens (including phenoxy) is 2. The van der Waals surface area contributed by atoms with Crippen LogP contribution in [0.25, 0.3) is 0 Å². The van der Waals surface area contributed by atoms with Crippen molar-refractivity contribution in [2.45, 2.75) is 38.1 Å². The van der Waals surface area contributed by atoms with Crippen molar-refractivity contribution in [2.24, 2.45) is 11.8 Å². The van der Waals surface area contributed by atoms with Crippen molar-refractivity contribution in [3.8, 4) is 17.2 Å². The molecule has 31 heavy (non-hydrogen) atoms. The first-order chi connectivity index (χ1) is 14.7. The van der Waals surface area contributed by atoms with Crippen molar-refractivity contribution in [1.29, 1.82) is 0 Å². The Kier molecular flexibility index (Phi) is 7.10. The minimum atomic E-state index is -4.07. The van der Waals surface area contributed by atoms with Gasteiger partial charge in [-0.3, -0.25) is 4.79 Å². The highest BCUT2D eigenvalue weighted by Crippen LogP contribution is 2.33. The minimum absolute atomic E-state index is 0.00565. The van der Waals surface area contributed by atoms with Crippen LogP contribution < -0.4 is 13.7 Å². The largest absolute Gasteiger partial charge is 0.497 e. The van der Waals surface area contributed by atoms with Gasteiger partial charge in [-0.2, -0.15) is 8.42 Å². The Morgan fingerprint density at radius 3 is 2.26 bits per heavy atom. The van der Waals surface area contributed by atoms with Crippen LogP contribution in [0, 0.1) is 11.8 Å². The molecule has 1 saturated carbocycles. The van der Waals surface area contributed by atoms with Gasteiger partial charge in [0.05, 0.1) is 14.2 Å². The van der Waals surface area contributed by atoms with E-state index in [9.17, 15) is 13.2 Å². The van der Waals surface area contributed by atoms with Crippen LogP contribution in [0.5, 0.6) is 17.2 Å². The number of amides is 1. The zero-order chi connectivity index (χ0) is 22.6. The first-order valence-corrected chi connectivity index (χ1v) is 11.7. The number of benzene rings is 2. The third-order valence-electron chi connectivity index (χ3n) is 5.13. The summed E-state index contributed by atoms with van der Waals surface area (Å²) in [6.45, 7) is 4.86. The molecule has 1 aliphatic carbocycles. The van der Waals surface area contributed by atoms with Gasteiger partial charge in [0, 0.05) is 19.0 Å². The number of hydrogen-bond acceptors (Lipinski definition) is 6. The van der Waals surface area contributed by atoms with Crippen molar-refractivity contribution >= 4 is 16.0 Å². The van der Waals surface area contributed by atoms with Crippen molar-refractivity contribution < 1.29 is 26.9 Å². The molecule has 0 saturated heterocycles. The maximum Gasteiger partial charge on any atom is 0.339 e. The lowest BCUT2D eigenvalue weighted by Gasteiger charge is -2.25. The number of methoxy groups -OCH3 is 2. The molecule has 0 unspecified atom stereocenters. The molecule has 1 amide bonds. The second kappa shape index (κ2) is 9.60. The van der Waals surface area contributed by atoms with Crippen LogP contribution in [0.2, 0.25) is 0 Å². The Morgan fingerprint density at radius 1 is 1.03 bits per heavy atom. The highest BCUT2D eigenvalue weighted by molar-refractivity contribution is 7.87. The molecule has 168 valence electrons. The van der Waals surface area contributed by atoms with E-state index in [4.69, 9.17) is 13.7 Å². The van der Waals surface area contributed by atoms with Crippen molar-refractivity contribution in [3.05, 3.63) is 48.0 Å². The Hall–Kier alpha value is -2.74. The summed E-state index contributed by atoms with van der Waals surface area (Å²) < 4.78 is 41.3. The lowest BCUT2D eigenvalue weighted by molar-refractivity contribution is -0.135. The monoisotopic (exact) mass is 447 g/mol. The van der Waals surface area contributed by atoms with E-state index >= 15 is 0 Å². The summed E-state index contributed by atoms with van der Waals surface area (Å²) in [7, 11) is -1.12. The molecule has 0 heterocycles. The van der Waals surface area contributed by atoms with E-state index in [0.29, 0.717) is 30.5 Å². The molecule has 1 fully saturated rings. The molecule has 0 bridgehead atoms. The van der Waals surface area contributed by atoms with E-state index in [1.807, 2.05) is 24.8 Å². The molecule has 2 aromatic rings. The molecule has 0 atom stereocenters. The lowest BCUT2D eigenvalue weighted by Crippen LogP contribution is -2.35.